The number of benzene rings is 6. The second-order valence-electron chi connectivity index (χ2n) is 10.5. The molecule has 2 heterocycles. The molecule has 5 heteroatoms. The molecule has 0 amide bonds. The lowest BCUT2D eigenvalue weighted by molar-refractivity contribution is 0.477. The summed E-state index contributed by atoms with van der Waals surface area (Å²) in [5.41, 5.74) is 8.04. The summed E-state index contributed by atoms with van der Waals surface area (Å²) < 4.78 is 6.20. The predicted octanol–water partition coefficient (Wildman–Crippen LogP) is 10.1. The van der Waals surface area contributed by atoms with Gasteiger partial charge in [0.1, 0.15) is 0 Å². The van der Waals surface area contributed by atoms with Crippen LogP contribution in [0.15, 0.2) is 158 Å². The lowest BCUT2D eigenvalue weighted by atomic mass is 10.0. The molecule has 7 aromatic rings. The SMILES string of the molecule is c1ccc(-c2cccc(-c3nc(-c4ccccc4)nc(-c4ccc(N5c6ccccc6Oc6ccccc65)cc4)n3)c2)cc1. The maximum atomic E-state index is 6.20. The minimum Gasteiger partial charge on any atom is -0.453 e. The number of rotatable bonds is 5. The minimum atomic E-state index is 0.619. The second-order valence-corrected chi connectivity index (χ2v) is 10.5. The quantitative estimate of drug-likeness (QED) is 0.207. The van der Waals surface area contributed by atoms with Crippen molar-refractivity contribution in [3.05, 3.63) is 158 Å². The largest absolute Gasteiger partial charge is 0.453 e. The van der Waals surface area contributed by atoms with E-state index in [1.54, 1.807) is 0 Å². The number of nitrogens with zero attached hydrogens (tertiary/aromatic N) is 4. The zero-order valence-electron chi connectivity index (χ0n) is 23.7. The number of anilines is 3. The van der Waals surface area contributed by atoms with Crippen LogP contribution in [0.25, 0.3) is 45.3 Å². The molecular formula is C39H26N4O. The molecule has 0 spiro atoms. The first-order valence-corrected chi connectivity index (χ1v) is 14.5. The van der Waals surface area contributed by atoms with Crippen molar-refractivity contribution < 1.29 is 4.74 Å². The van der Waals surface area contributed by atoms with E-state index in [9.17, 15) is 0 Å². The van der Waals surface area contributed by atoms with Crippen molar-refractivity contribution in [2.24, 2.45) is 0 Å². The molecule has 0 atom stereocenters. The van der Waals surface area contributed by atoms with Crippen LogP contribution in [0.4, 0.5) is 17.1 Å². The molecule has 0 bridgehead atoms. The Morgan fingerprint density at radius 1 is 0.364 bits per heavy atom. The molecule has 1 aliphatic heterocycles. The lowest BCUT2D eigenvalue weighted by Crippen LogP contribution is -2.15. The molecule has 0 saturated heterocycles. The van der Waals surface area contributed by atoms with Gasteiger partial charge in [0.15, 0.2) is 29.0 Å². The summed E-state index contributed by atoms with van der Waals surface area (Å²) in [6.45, 7) is 0. The Bertz CT molecular complexity index is 2050. The molecule has 6 aromatic carbocycles. The van der Waals surface area contributed by atoms with E-state index >= 15 is 0 Å². The number of aromatic nitrogens is 3. The number of para-hydroxylation sites is 4. The Morgan fingerprint density at radius 3 is 1.43 bits per heavy atom. The van der Waals surface area contributed by atoms with E-state index < -0.39 is 0 Å². The zero-order chi connectivity index (χ0) is 29.3. The van der Waals surface area contributed by atoms with Crippen molar-refractivity contribution in [1.82, 2.24) is 15.0 Å². The van der Waals surface area contributed by atoms with Gasteiger partial charge < -0.3 is 9.64 Å². The summed E-state index contributed by atoms with van der Waals surface area (Å²) in [6, 6.07) is 53.3. The Morgan fingerprint density at radius 2 is 0.818 bits per heavy atom. The Kier molecular flexibility index (Phi) is 6.39. The monoisotopic (exact) mass is 566 g/mol. The van der Waals surface area contributed by atoms with Crippen LogP contribution in [-0.4, -0.2) is 15.0 Å². The number of fused-ring (bicyclic) bond motifs is 2. The fourth-order valence-electron chi connectivity index (χ4n) is 5.56. The van der Waals surface area contributed by atoms with Gasteiger partial charge in [0, 0.05) is 22.4 Å². The highest BCUT2D eigenvalue weighted by Gasteiger charge is 2.25. The molecule has 1 aliphatic rings. The highest BCUT2D eigenvalue weighted by atomic mass is 16.5. The molecule has 0 radical (unpaired) electrons. The van der Waals surface area contributed by atoms with Gasteiger partial charge in [-0.25, -0.2) is 15.0 Å². The van der Waals surface area contributed by atoms with E-state index in [0.717, 1.165) is 56.4 Å². The smallest absolute Gasteiger partial charge is 0.164 e. The average Bonchev–Trinajstić information content (AvgIpc) is 3.11. The van der Waals surface area contributed by atoms with E-state index in [2.05, 4.69) is 77.7 Å². The van der Waals surface area contributed by atoms with Gasteiger partial charge in [0.25, 0.3) is 0 Å². The van der Waals surface area contributed by atoms with Crippen LogP contribution in [-0.2, 0) is 0 Å². The average molecular weight is 567 g/mol. The van der Waals surface area contributed by atoms with Gasteiger partial charge in [-0.15, -0.1) is 0 Å². The van der Waals surface area contributed by atoms with Crippen LogP contribution in [0, 0.1) is 0 Å². The molecule has 0 fully saturated rings. The first-order chi connectivity index (χ1) is 21.8. The van der Waals surface area contributed by atoms with Crippen molar-refractivity contribution in [3.8, 4) is 56.8 Å². The maximum absolute atomic E-state index is 6.20. The van der Waals surface area contributed by atoms with Gasteiger partial charge >= 0.3 is 0 Å². The van der Waals surface area contributed by atoms with Gasteiger partial charge in [0.2, 0.25) is 0 Å². The first-order valence-electron chi connectivity index (χ1n) is 14.5. The highest BCUT2D eigenvalue weighted by molar-refractivity contribution is 5.86. The molecule has 5 nitrogen and oxygen atoms in total. The van der Waals surface area contributed by atoms with E-state index in [1.807, 2.05) is 84.9 Å². The summed E-state index contributed by atoms with van der Waals surface area (Å²) in [7, 11) is 0. The number of hydrogen-bond acceptors (Lipinski definition) is 5. The van der Waals surface area contributed by atoms with Crippen molar-refractivity contribution >= 4 is 17.1 Å². The van der Waals surface area contributed by atoms with Crippen LogP contribution in [0.5, 0.6) is 11.5 Å². The number of ether oxygens (including phenoxy) is 1. The molecule has 0 N–H and O–H groups in total. The van der Waals surface area contributed by atoms with Crippen LogP contribution in [0.3, 0.4) is 0 Å². The van der Waals surface area contributed by atoms with Gasteiger partial charge in [-0.3, -0.25) is 0 Å². The summed E-state index contributed by atoms with van der Waals surface area (Å²) >= 11 is 0. The predicted molar refractivity (Wildman–Crippen MR) is 176 cm³/mol. The van der Waals surface area contributed by atoms with Crippen molar-refractivity contribution in [3.63, 3.8) is 0 Å². The van der Waals surface area contributed by atoms with Crippen LogP contribution >= 0.6 is 0 Å². The molecule has 8 rings (SSSR count). The summed E-state index contributed by atoms with van der Waals surface area (Å²) in [4.78, 5) is 17.1. The zero-order valence-corrected chi connectivity index (χ0v) is 23.7. The molecule has 1 aromatic heterocycles. The topological polar surface area (TPSA) is 51.1 Å². The van der Waals surface area contributed by atoms with E-state index in [1.165, 1.54) is 0 Å². The standard InChI is InChI=1S/C39H26N4O/c1-3-12-27(13-4-1)30-16-11-17-31(26-30)39-41-37(28-14-5-2-6-15-28)40-38(42-39)29-22-24-32(25-23-29)43-33-18-7-9-20-35(33)44-36-21-10-8-19-34(36)43/h1-26H. The van der Waals surface area contributed by atoms with Gasteiger partial charge in [-0.2, -0.15) is 0 Å². The van der Waals surface area contributed by atoms with Crippen molar-refractivity contribution in [2.45, 2.75) is 0 Å². The second kappa shape index (κ2) is 11.0. The van der Waals surface area contributed by atoms with E-state index in [0.29, 0.717) is 17.5 Å². The normalized spacial score (nSPS) is 11.8. The third-order valence-corrected chi connectivity index (χ3v) is 7.71. The third-order valence-electron chi connectivity index (χ3n) is 7.71. The summed E-state index contributed by atoms with van der Waals surface area (Å²) in [5, 5.41) is 0. The Labute approximate surface area is 255 Å². The summed E-state index contributed by atoms with van der Waals surface area (Å²) in [5.74, 6) is 3.53. The Balaban J connectivity index is 1.22. The maximum Gasteiger partial charge on any atom is 0.164 e. The minimum absolute atomic E-state index is 0.619. The van der Waals surface area contributed by atoms with Gasteiger partial charge in [-0.05, 0) is 65.7 Å². The van der Waals surface area contributed by atoms with Crippen molar-refractivity contribution in [2.75, 3.05) is 4.90 Å². The molecule has 0 saturated carbocycles. The molecule has 208 valence electrons. The number of hydrogen-bond donors (Lipinski definition) is 0. The highest BCUT2D eigenvalue weighted by Crippen LogP contribution is 2.50. The van der Waals surface area contributed by atoms with Crippen molar-refractivity contribution in [1.29, 1.82) is 0 Å². The lowest BCUT2D eigenvalue weighted by Gasteiger charge is -2.32. The summed E-state index contributed by atoms with van der Waals surface area (Å²) in [6.07, 6.45) is 0. The van der Waals surface area contributed by atoms with E-state index in [4.69, 9.17) is 19.7 Å². The van der Waals surface area contributed by atoms with E-state index in [-0.39, 0.29) is 0 Å². The fraction of sp³-hybridized carbons (Fsp3) is 0. The Hall–Kier alpha value is -6.07. The molecular weight excluding hydrogens is 540 g/mol. The fourth-order valence-corrected chi connectivity index (χ4v) is 5.56. The van der Waals surface area contributed by atoms with Crippen LogP contribution < -0.4 is 9.64 Å². The van der Waals surface area contributed by atoms with Crippen LogP contribution in [0.2, 0.25) is 0 Å². The van der Waals surface area contributed by atoms with Gasteiger partial charge in [-0.1, -0.05) is 103 Å². The first kappa shape index (κ1) is 25.6. The third kappa shape index (κ3) is 4.76. The molecule has 0 aliphatic carbocycles. The van der Waals surface area contributed by atoms with Crippen LogP contribution in [0.1, 0.15) is 0 Å². The molecule has 0 unspecified atom stereocenters. The van der Waals surface area contributed by atoms with Gasteiger partial charge in [0.05, 0.1) is 11.4 Å². The molecule has 44 heavy (non-hydrogen) atoms.